The van der Waals surface area contributed by atoms with E-state index in [1.54, 1.807) is 0 Å². The van der Waals surface area contributed by atoms with E-state index in [0.717, 1.165) is 0 Å². The maximum Gasteiger partial charge on any atom is 0.573 e. The molecule has 0 fully saturated rings. The van der Waals surface area contributed by atoms with Gasteiger partial charge in [0.2, 0.25) is 0 Å². The Morgan fingerprint density at radius 1 is 1.06 bits per heavy atom. The number of nitrogens with one attached hydrogen (secondary N) is 1. The van der Waals surface area contributed by atoms with Crippen molar-refractivity contribution in [3.05, 3.63) is 52.8 Å². The average molecular weight is 255 g/mol. The summed E-state index contributed by atoms with van der Waals surface area (Å²) in [6, 6.07) is 7.96. The molecule has 2 aromatic rings. The number of ether oxygens (including phenoxy) is 1. The first-order valence-electron chi connectivity index (χ1n) is 4.99. The van der Waals surface area contributed by atoms with Gasteiger partial charge in [0, 0.05) is 24.0 Å². The number of aromatic nitrogens is 1. The SMILES string of the molecule is O=c1cc[nH]c(-c2ccc(OC(F)(F)F)cc2)c1. The molecule has 0 saturated carbocycles. The van der Waals surface area contributed by atoms with Crippen LogP contribution in [0.25, 0.3) is 11.3 Å². The molecule has 0 amide bonds. The number of pyridine rings is 1. The van der Waals surface area contributed by atoms with Crippen LogP contribution in [0.5, 0.6) is 5.75 Å². The zero-order chi connectivity index (χ0) is 13.2. The van der Waals surface area contributed by atoms with E-state index in [1.807, 2.05) is 0 Å². The molecule has 0 saturated heterocycles. The van der Waals surface area contributed by atoms with Gasteiger partial charge in [-0.15, -0.1) is 13.2 Å². The Kier molecular flexibility index (Phi) is 3.10. The zero-order valence-corrected chi connectivity index (χ0v) is 8.99. The van der Waals surface area contributed by atoms with Gasteiger partial charge in [-0.1, -0.05) is 0 Å². The van der Waals surface area contributed by atoms with Crippen molar-refractivity contribution >= 4 is 0 Å². The topological polar surface area (TPSA) is 42.1 Å². The number of rotatable bonds is 2. The Morgan fingerprint density at radius 3 is 2.28 bits per heavy atom. The number of alkyl halides is 3. The summed E-state index contributed by atoms with van der Waals surface area (Å²) in [6.45, 7) is 0. The van der Waals surface area contributed by atoms with Crippen LogP contribution in [0.3, 0.4) is 0 Å². The van der Waals surface area contributed by atoms with E-state index in [-0.39, 0.29) is 11.2 Å². The van der Waals surface area contributed by atoms with Gasteiger partial charge in [-0.3, -0.25) is 4.79 Å². The molecule has 0 atom stereocenters. The molecule has 0 aliphatic heterocycles. The van der Waals surface area contributed by atoms with Gasteiger partial charge in [0.1, 0.15) is 5.75 Å². The lowest BCUT2D eigenvalue weighted by Gasteiger charge is -2.09. The smallest absolute Gasteiger partial charge is 0.406 e. The zero-order valence-electron chi connectivity index (χ0n) is 8.99. The maximum atomic E-state index is 11.9. The van der Waals surface area contributed by atoms with Crippen molar-refractivity contribution in [2.24, 2.45) is 0 Å². The van der Waals surface area contributed by atoms with Gasteiger partial charge in [-0.2, -0.15) is 0 Å². The Balaban J connectivity index is 2.25. The van der Waals surface area contributed by atoms with E-state index in [4.69, 9.17) is 0 Å². The molecule has 0 unspecified atom stereocenters. The summed E-state index contributed by atoms with van der Waals surface area (Å²) in [4.78, 5) is 14.0. The van der Waals surface area contributed by atoms with E-state index in [0.29, 0.717) is 11.3 Å². The lowest BCUT2D eigenvalue weighted by atomic mass is 10.1. The molecule has 1 aromatic carbocycles. The molecule has 94 valence electrons. The molecule has 0 aliphatic carbocycles. The molecule has 0 aliphatic rings. The Bertz CT molecular complexity index is 587. The van der Waals surface area contributed by atoms with Crippen molar-refractivity contribution in [2.75, 3.05) is 0 Å². The third kappa shape index (κ3) is 3.13. The van der Waals surface area contributed by atoms with Crippen molar-refractivity contribution in [3.8, 4) is 17.0 Å². The van der Waals surface area contributed by atoms with E-state index < -0.39 is 6.36 Å². The fraction of sp³-hybridized carbons (Fsp3) is 0.0833. The van der Waals surface area contributed by atoms with Gasteiger partial charge in [-0.05, 0) is 29.8 Å². The van der Waals surface area contributed by atoms with Crippen LogP contribution in [0.4, 0.5) is 13.2 Å². The predicted molar refractivity (Wildman–Crippen MR) is 59.2 cm³/mol. The summed E-state index contributed by atoms with van der Waals surface area (Å²) >= 11 is 0. The minimum Gasteiger partial charge on any atom is -0.406 e. The van der Waals surface area contributed by atoms with E-state index in [2.05, 4.69) is 9.72 Å². The highest BCUT2D eigenvalue weighted by Gasteiger charge is 2.30. The number of hydrogen-bond donors (Lipinski definition) is 1. The third-order valence-corrected chi connectivity index (χ3v) is 2.17. The minimum atomic E-state index is -4.71. The van der Waals surface area contributed by atoms with E-state index >= 15 is 0 Å². The molecule has 6 heteroatoms. The molecule has 1 aromatic heterocycles. The molecule has 2 rings (SSSR count). The van der Waals surface area contributed by atoms with Crippen LogP contribution in [-0.2, 0) is 0 Å². The maximum absolute atomic E-state index is 11.9. The molecule has 1 N–H and O–H groups in total. The first-order chi connectivity index (χ1) is 8.44. The summed E-state index contributed by atoms with van der Waals surface area (Å²) in [6.07, 6.45) is -3.24. The molecule has 0 radical (unpaired) electrons. The van der Waals surface area contributed by atoms with Gasteiger partial charge in [0.05, 0.1) is 0 Å². The second-order valence-electron chi connectivity index (χ2n) is 3.51. The number of halogens is 3. The predicted octanol–water partition coefficient (Wildman–Crippen LogP) is 2.94. The standard InChI is InChI=1S/C12H8F3NO2/c13-12(14,15)18-10-3-1-8(2-4-10)11-7-9(17)5-6-16-11/h1-7H,(H,16,17). The Labute approximate surface area is 99.8 Å². The largest absolute Gasteiger partial charge is 0.573 e. The van der Waals surface area contributed by atoms with Crippen molar-refractivity contribution < 1.29 is 17.9 Å². The van der Waals surface area contributed by atoms with Crippen molar-refractivity contribution in [1.82, 2.24) is 4.98 Å². The van der Waals surface area contributed by atoms with Crippen LogP contribution in [-0.4, -0.2) is 11.3 Å². The van der Waals surface area contributed by atoms with Crippen molar-refractivity contribution in [1.29, 1.82) is 0 Å². The van der Waals surface area contributed by atoms with Gasteiger partial charge >= 0.3 is 6.36 Å². The number of aromatic amines is 1. The third-order valence-electron chi connectivity index (χ3n) is 2.17. The molecular weight excluding hydrogens is 247 g/mol. The lowest BCUT2D eigenvalue weighted by molar-refractivity contribution is -0.274. The molecule has 18 heavy (non-hydrogen) atoms. The fourth-order valence-corrected chi connectivity index (χ4v) is 1.45. The molecule has 3 nitrogen and oxygen atoms in total. The van der Waals surface area contributed by atoms with Crippen LogP contribution in [0.15, 0.2) is 47.4 Å². The Morgan fingerprint density at radius 2 is 1.72 bits per heavy atom. The van der Waals surface area contributed by atoms with Crippen LogP contribution in [0.1, 0.15) is 0 Å². The minimum absolute atomic E-state index is 0.181. The summed E-state index contributed by atoms with van der Waals surface area (Å²) in [7, 11) is 0. The van der Waals surface area contributed by atoms with Crippen molar-refractivity contribution in [3.63, 3.8) is 0 Å². The monoisotopic (exact) mass is 255 g/mol. The van der Waals surface area contributed by atoms with Gasteiger partial charge in [0.25, 0.3) is 0 Å². The second kappa shape index (κ2) is 4.56. The van der Waals surface area contributed by atoms with Gasteiger partial charge in [0.15, 0.2) is 5.43 Å². The first-order valence-corrected chi connectivity index (χ1v) is 4.99. The van der Waals surface area contributed by atoms with Gasteiger partial charge in [-0.25, -0.2) is 0 Å². The highest BCUT2D eigenvalue weighted by molar-refractivity contribution is 5.59. The first kappa shape index (κ1) is 12.2. The van der Waals surface area contributed by atoms with Gasteiger partial charge < -0.3 is 9.72 Å². The quantitative estimate of drug-likeness (QED) is 0.896. The fourth-order valence-electron chi connectivity index (χ4n) is 1.45. The van der Waals surface area contributed by atoms with Crippen LogP contribution in [0, 0.1) is 0 Å². The second-order valence-corrected chi connectivity index (χ2v) is 3.51. The summed E-state index contributed by atoms with van der Waals surface area (Å²) in [5, 5.41) is 0. The summed E-state index contributed by atoms with van der Waals surface area (Å²) in [5.74, 6) is -0.301. The van der Waals surface area contributed by atoms with Crippen molar-refractivity contribution in [2.45, 2.75) is 6.36 Å². The molecule has 0 bridgehead atoms. The normalized spacial score (nSPS) is 11.3. The Hall–Kier alpha value is -2.24. The van der Waals surface area contributed by atoms with E-state index in [9.17, 15) is 18.0 Å². The number of H-pyrrole nitrogens is 1. The number of benzene rings is 1. The summed E-state index contributed by atoms with van der Waals surface area (Å²) in [5.41, 5.74) is 0.947. The highest BCUT2D eigenvalue weighted by atomic mass is 19.4. The average Bonchev–Trinajstić information content (AvgIpc) is 2.28. The summed E-state index contributed by atoms with van der Waals surface area (Å²) < 4.78 is 39.6. The van der Waals surface area contributed by atoms with Crippen LogP contribution < -0.4 is 10.2 Å². The lowest BCUT2D eigenvalue weighted by Crippen LogP contribution is -2.16. The highest BCUT2D eigenvalue weighted by Crippen LogP contribution is 2.25. The van der Waals surface area contributed by atoms with E-state index in [1.165, 1.54) is 42.6 Å². The number of hydrogen-bond acceptors (Lipinski definition) is 2. The molecular formula is C12H8F3NO2. The molecule has 1 heterocycles. The van der Waals surface area contributed by atoms with Crippen LogP contribution >= 0.6 is 0 Å². The molecule has 0 spiro atoms. The van der Waals surface area contributed by atoms with Crippen LogP contribution in [0.2, 0.25) is 0 Å².